The molecule has 12 rings (SSSR count). The van der Waals surface area contributed by atoms with Gasteiger partial charge in [0.2, 0.25) is 11.8 Å². The Morgan fingerprint density at radius 1 is 0.613 bits per heavy atom. The molecule has 2 N–H and O–H groups in total. The molecule has 6 saturated heterocycles. The summed E-state index contributed by atoms with van der Waals surface area (Å²) in [6, 6.07) is 17.5. The van der Waals surface area contributed by atoms with Crippen molar-refractivity contribution in [2.45, 2.75) is 99.7 Å². The normalized spacial score (nSPS) is 23.8. The highest BCUT2D eigenvalue weighted by atomic mass is 79.9. The van der Waals surface area contributed by atoms with Crippen LogP contribution in [0.5, 0.6) is 0 Å². The first kappa shape index (κ1) is 52.3. The molecule has 21 heteroatoms. The number of carbonyl (C=O) groups is 6. The SMILES string of the molecule is C=CC(=O)N1C2CCC1CN(Cc1ccc(F)cc1)C2.O=C1NC2(CC2)C(=O)N1c1cc(Cl)c(F)cc1/C=C/C(=O)N1C2CCC1CN(Cc1ccc(F)cc1)C2.O=C1NC2(CC2)C(=O)N1c1cc(Cl)c(F)cc1Br. The van der Waals surface area contributed by atoms with Crippen molar-refractivity contribution in [3.63, 3.8) is 0 Å². The summed E-state index contributed by atoms with van der Waals surface area (Å²) in [4.78, 5) is 85.1. The number of hydrogen-bond donors (Lipinski definition) is 2. The molecule has 0 radical (unpaired) electrons. The highest BCUT2D eigenvalue weighted by molar-refractivity contribution is 9.10. The van der Waals surface area contributed by atoms with Crippen molar-refractivity contribution in [2.75, 3.05) is 36.0 Å². The fourth-order valence-electron chi connectivity index (χ4n) is 11.2. The fourth-order valence-corrected chi connectivity index (χ4v) is 12.0. The zero-order chi connectivity index (χ0) is 53.1. The minimum atomic E-state index is -0.873. The summed E-state index contributed by atoms with van der Waals surface area (Å²) >= 11 is 14.8. The number of urea groups is 2. The number of hydrogen-bond acceptors (Lipinski definition) is 8. The van der Waals surface area contributed by atoms with Crippen LogP contribution in [0.25, 0.3) is 6.08 Å². The van der Waals surface area contributed by atoms with E-state index >= 15 is 0 Å². The van der Waals surface area contributed by atoms with Crippen LogP contribution in [0, 0.1) is 23.3 Å². The molecule has 14 nitrogen and oxygen atoms in total. The lowest BCUT2D eigenvalue weighted by Crippen LogP contribution is -2.55. The van der Waals surface area contributed by atoms with E-state index in [1.165, 1.54) is 54.6 Å². The second-order valence-electron chi connectivity index (χ2n) is 20.3. The van der Waals surface area contributed by atoms with Crippen LogP contribution in [0.15, 0.2) is 96.0 Å². The molecular formula is C54H51BrCl2F4N8O6. The fraction of sp³-hybridized carbons (Fsp3) is 0.370. The molecule has 2 saturated carbocycles. The minimum absolute atomic E-state index is 0.0402. The van der Waals surface area contributed by atoms with E-state index in [2.05, 4.69) is 42.9 Å². The number of imide groups is 2. The van der Waals surface area contributed by atoms with Crippen LogP contribution in [0.4, 0.5) is 38.5 Å². The van der Waals surface area contributed by atoms with Gasteiger partial charge in [-0.15, -0.1) is 0 Å². The number of rotatable bonds is 9. The topological polar surface area (TPSA) is 146 Å². The second-order valence-corrected chi connectivity index (χ2v) is 22.0. The first-order valence-electron chi connectivity index (χ1n) is 24.7. The van der Waals surface area contributed by atoms with Crippen molar-refractivity contribution in [3.05, 3.63) is 146 Å². The van der Waals surface area contributed by atoms with Crippen molar-refractivity contribution < 1.29 is 46.3 Å². The zero-order valence-electron chi connectivity index (χ0n) is 40.4. The van der Waals surface area contributed by atoms with Gasteiger partial charge in [0, 0.05) is 79.5 Å². The Morgan fingerprint density at radius 3 is 1.43 bits per heavy atom. The molecule has 8 amide bonds. The summed E-state index contributed by atoms with van der Waals surface area (Å²) in [5, 5.41) is 5.00. The summed E-state index contributed by atoms with van der Waals surface area (Å²) in [7, 11) is 0. The van der Waals surface area contributed by atoms with E-state index in [1.807, 2.05) is 21.9 Å². The quantitative estimate of drug-likeness (QED) is 0.0731. The maximum absolute atomic E-state index is 14.4. The van der Waals surface area contributed by atoms with Gasteiger partial charge in [-0.05, 0) is 139 Å². The Bertz CT molecular complexity index is 3010. The van der Waals surface area contributed by atoms with E-state index in [0.29, 0.717) is 61.9 Å². The summed E-state index contributed by atoms with van der Waals surface area (Å²) in [5.41, 5.74) is 1.15. The summed E-state index contributed by atoms with van der Waals surface area (Å²) < 4.78 is 54.1. The Kier molecular flexibility index (Phi) is 14.5. The first-order valence-corrected chi connectivity index (χ1v) is 26.3. The lowest BCUT2D eigenvalue weighted by Gasteiger charge is -2.40. The van der Waals surface area contributed by atoms with Gasteiger partial charge in [0.15, 0.2) is 0 Å². The second kappa shape index (κ2) is 20.8. The molecule has 4 atom stereocenters. The molecule has 6 aliphatic heterocycles. The Labute approximate surface area is 448 Å². The molecule has 2 aliphatic carbocycles. The summed E-state index contributed by atoms with van der Waals surface area (Å²) in [6.07, 6.45) is 10.5. The first-order chi connectivity index (χ1) is 35.8. The van der Waals surface area contributed by atoms with Gasteiger partial charge in [-0.2, -0.15) is 0 Å². The van der Waals surface area contributed by atoms with Gasteiger partial charge >= 0.3 is 12.1 Å². The predicted molar refractivity (Wildman–Crippen MR) is 276 cm³/mol. The number of benzene rings is 4. The van der Waals surface area contributed by atoms with Gasteiger partial charge in [-0.25, -0.2) is 37.0 Å². The number of amides is 8. The lowest BCUT2D eigenvalue weighted by atomic mass is 10.1. The molecule has 75 heavy (non-hydrogen) atoms. The minimum Gasteiger partial charge on any atom is -0.331 e. The highest BCUT2D eigenvalue weighted by Gasteiger charge is 2.61. The average Bonchev–Trinajstić information content (AvgIpc) is 4.27. The lowest BCUT2D eigenvalue weighted by molar-refractivity contribution is -0.132. The molecule has 0 aromatic heterocycles. The summed E-state index contributed by atoms with van der Waals surface area (Å²) in [5.74, 6) is -2.63. The average molecular weight is 1130 g/mol. The molecule has 4 bridgehead atoms. The Balaban J connectivity index is 0.000000142. The molecule has 8 aliphatic rings. The van der Waals surface area contributed by atoms with Gasteiger partial charge in [-0.3, -0.25) is 29.0 Å². The third-order valence-corrected chi connectivity index (χ3v) is 16.4. The zero-order valence-corrected chi connectivity index (χ0v) is 43.5. The van der Waals surface area contributed by atoms with Crippen molar-refractivity contribution in [1.29, 1.82) is 0 Å². The monoisotopic (exact) mass is 1130 g/mol. The molecule has 4 aromatic carbocycles. The van der Waals surface area contributed by atoms with E-state index < -0.39 is 40.7 Å². The van der Waals surface area contributed by atoms with Crippen molar-refractivity contribution in [3.8, 4) is 0 Å². The van der Waals surface area contributed by atoms with E-state index in [-0.39, 0.29) is 68.4 Å². The number of anilines is 2. The third kappa shape index (κ3) is 10.6. The third-order valence-electron chi connectivity index (χ3n) is 15.2. The smallest absolute Gasteiger partial charge is 0.329 e. The van der Waals surface area contributed by atoms with Crippen molar-refractivity contribution >= 4 is 92.3 Å². The van der Waals surface area contributed by atoms with Crippen LogP contribution in [0.3, 0.4) is 0 Å². The van der Waals surface area contributed by atoms with E-state index in [4.69, 9.17) is 23.2 Å². The highest BCUT2D eigenvalue weighted by Crippen LogP contribution is 2.45. The maximum Gasteiger partial charge on any atom is 0.329 e. The molecule has 392 valence electrons. The van der Waals surface area contributed by atoms with Gasteiger partial charge in [0.05, 0.1) is 21.4 Å². The number of nitrogens with one attached hydrogen (secondary N) is 2. The van der Waals surface area contributed by atoms with Crippen molar-refractivity contribution in [1.82, 2.24) is 30.2 Å². The number of likely N-dealkylation sites (tertiary alicyclic amines) is 2. The van der Waals surface area contributed by atoms with Crippen LogP contribution in [0.1, 0.15) is 68.1 Å². The van der Waals surface area contributed by atoms with E-state index in [1.54, 1.807) is 12.1 Å². The van der Waals surface area contributed by atoms with E-state index in [0.717, 1.165) is 78.4 Å². The van der Waals surface area contributed by atoms with Crippen LogP contribution in [-0.4, -0.2) is 117 Å². The van der Waals surface area contributed by atoms with Gasteiger partial charge in [0.25, 0.3) is 11.8 Å². The number of nitrogens with zero attached hydrogens (tertiary/aromatic N) is 6. The number of piperazine rings is 2. The van der Waals surface area contributed by atoms with Crippen molar-refractivity contribution in [2.24, 2.45) is 0 Å². The number of fused-ring (bicyclic) bond motifs is 4. The predicted octanol–water partition coefficient (Wildman–Crippen LogP) is 9.11. The molecule has 2 spiro atoms. The van der Waals surface area contributed by atoms with Gasteiger partial charge in [-0.1, -0.05) is 54.0 Å². The van der Waals surface area contributed by atoms with Gasteiger partial charge in [0.1, 0.15) is 34.3 Å². The Morgan fingerprint density at radius 2 is 1.01 bits per heavy atom. The molecule has 8 fully saturated rings. The standard InChI is InChI=1S/C27H25ClF2N4O3.C16H19FN2O.C11H7BrClFN2O2/c28-21-12-23(34-25(36)27(9-10-27)31-26(34)37)17(11-22(21)30)3-8-24(35)33-19-6-7-20(33)15-32(14-19)13-16-1-4-18(29)5-2-16;1-2-16(20)19-14-7-8-15(19)11-18(10-14)9-12-3-5-13(17)6-4-12;12-5-3-7(14)6(13)4-8(5)16-9(17)11(1-2-11)15-10(16)18/h1-5,8,11-12,19-20H,6-7,9-10,13-15H2,(H,31,37);2-6,14-15H,1,7-11H2;3-4H,1-2H2,(H,15,18)/b8-3+;;. The van der Waals surface area contributed by atoms with Gasteiger partial charge < -0.3 is 20.4 Å². The Hall–Kier alpha value is -6.12. The van der Waals surface area contributed by atoms with E-state index in [9.17, 15) is 46.3 Å². The maximum atomic E-state index is 14.4. The molecule has 4 aromatic rings. The number of carbonyl (C=O) groups excluding carboxylic acids is 6. The molecule has 4 unspecified atom stereocenters. The number of halogens is 7. The summed E-state index contributed by atoms with van der Waals surface area (Å²) in [6.45, 7) is 8.30. The van der Waals surface area contributed by atoms with Crippen LogP contribution < -0.4 is 20.4 Å². The largest absolute Gasteiger partial charge is 0.331 e. The van der Waals surface area contributed by atoms with Crippen LogP contribution in [0.2, 0.25) is 10.0 Å². The molecular weight excluding hydrogens is 1080 g/mol. The molecule has 6 heterocycles. The van der Waals surface area contributed by atoms with Crippen LogP contribution >= 0.6 is 39.1 Å². The van der Waals surface area contributed by atoms with Crippen LogP contribution in [-0.2, 0) is 32.3 Å².